The molecule has 0 radical (unpaired) electrons. The lowest BCUT2D eigenvalue weighted by Crippen LogP contribution is -2.19. The quantitative estimate of drug-likeness (QED) is 0.254. The first kappa shape index (κ1) is 24.5. The fourth-order valence-electron chi connectivity index (χ4n) is 3.09. The lowest BCUT2D eigenvalue weighted by molar-refractivity contribution is -0.387. The van der Waals surface area contributed by atoms with Crippen molar-refractivity contribution in [1.29, 1.82) is 0 Å². The van der Waals surface area contributed by atoms with Crippen LogP contribution in [0.3, 0.4) is 0 Å². The second-order valence-electron chi connectivity index (χ2n) is 7.32. The maximum atomic E-state index is 12.5. The van der Waals surface area contributed by atoms with Gasteiger partial charge in [-0.2, -0.15) is 0 Å². The van der Waals surface area contributed by atoms with Crippen molar-refractivity contribution in [2.24, 2.45) is 4.99 Å². The zero-order valence-electron chi connectivity index (χ0n) is 18.5. The van der Waals surface area contributed by atoms with Crippen molar-refractivity contribution in [3.63, 3.8) is 0 Å². The van der Waals surface area contributed by atoms with Crippen LogP contribution in [0.2, 0.25) is 0 Å². The molecule has 14 heteroatoms. The molecule has 178 valence electrons. The summed E-state index contributed by atoms with van der Waals surface area (Å²) >= 11 is 3.54. The summed E-state index contributed by atoms with van der Waals surface area (Å²) in [5.41, 5.74) is 1.90. The number of nitrogens with zero attached hydrogens (tertiary/aromatic N) is 5. The van der Waals surface area contributed by atoms with E-state index >= 15 is 0 Å². The minimum atomic E-state index is -0.486. The second-order valence-corrected chi connectivity index (χ2v) is 10.8. The van der Waals surface area contributed by atoms with Gasteiger partial charge in [-0.15, -0.1) is 10.2 Å². The number of carbonyl (C=O) groups excluding carboxylic acids is 1. The van der Waals surface area contributed by atoms with Crippen molar-refractivity contribution in [2.75, 3.05) is 0 Å². The number of nitrogens with one attached hydrogen (secondary N) is 1. The molecular formula is C21H16N6O5S3. The predicted molar refractivity (Wildman–Crippen MR) is 135 cm³/mol. The normalized spacial score (nSPS) is 15.6. The molecule has 0 aliphatic carbocycles. The topological polar surface area (TPSA) is 154 Å². The van der Waals surface area contributed by atoms with E-state index in [9.17, 15) is 25.0 Å². The van der Waals surface area contributed by atoms with Gasteiger partial charge in [-0.3, -0.25) is 25.0 Å². The third kappa shape index (κ3) is 5.55. The van der Waals surface area contributed by atoms with Crippen LogP contribution < -0.4 is 5.32 Å². The van der Waals surface area contributed by atoms with Gasteiger partial charge in [0, 0.05) is 17.7 Å². The number of nitro groups is 2. The Kier molecular flexibility index (Phi) is 6.95. The molecule has 0 bridgehead atoms. The first-order valence-corrected chi connectivity index (χ1v) is 12.4. The SMILES string of the molecule is Cc1nnc(Sc2ccc(/C=C3\SC(=Nc4cc(C)c(C)c([N+](=O)[O-])c4)NC3=O)cc2[N+](=O)[O-])s1. The number of aromatic nitrogens is 2. The Morgan fingerprint density at radius 2 is 1.80 bits per heavy atom. The largest absolute Gasteiger partial charge is 0.300 e. The Bertz CT molecular complexity index is 1450. The molecule has 1 fully saturated rings. The number of carbonyl (C=O) groups is 1. The smallest absolute Gasteiger partial charge is 0.283 e. The third-order valence-electron chi connectivity index (χ3n) is 4.89. The molecule has 1 saturated heterocycles. The molecule has 0 atom stereocenters. The number of hydrogen-bond donors (Lipinski definition) is 1. The first-order chi connectivity index (χ1) is 16.6. The minimum Gasteiger partial charge on any atom is -0.300 e. The van der Waals surface area contributed by atoms with Crippen molar-refractivity contribution >= 4 is 69.1 Å². The minimum absolute atomic E-state index is 0.0524. The zero-order valence-corrected chi connectivity index (χ0v) is 20.9. The molecule has 1 aliphatic rings. The number of aryl methyl sites for hydroxylation is 2. The molecule has 3 aromatic rings. The van der Waals surface area contributed by atoms with Gasteiger partial charge in [0.25, 0.3) is 17.3 Å². The molecule has 1 aliphatic heterocycles. The van der Waals surface area contributed by atoms with Gasteiger partial charge in [0.15, 0.2) is 9.51 Å². The summed E-state index contributed by atoms with van der Waals surface area (Å²) in [5.74, 6) is -0.419. The van der Waals surface area contributed by atoms with Crippen LogP contribution in [-0.4, -0.2) is 31.1 Å². The van der Waals surface area contributed by atoms with Crippen LogP contribution in [0.4, 0.5) is 17.1 Å². The average Bonchev–Trinajstić information content (AvgIpc) is 3.35. The predicted octanol–water partition coefficient (Wildman–Crippen LogP) is 5.32. The Labute approximate surface area is 211 Å². The van der Waals surface area contributed by atoms with Crippen LogP contribution in [0, 0.1) is 41.0 Å². The van der Waals surface area contributed by atoms with Gasteiger partial charge in [0.1, 0.15) is 5.01 Å². The highest BCUT2D eigenvalue weighted by Gasteiger charge is 2.25. The molecule has 0 spiro atoms. The summed E-state index contributed by atoms with van der Waals surface area (Å²) in [4.78, 5) is 39.5. The Morgan fingerprint density at radius 3 is 2.46 bits per heavy atom. The maximum Gasteiger partial charge on any atom is 0.283 e. The molecule has 0 unspecified atom stereocenters. The van der Waals surface area contributed by atoms with Crippen LogP contribution in [0.1, 0.15) is 21.7 Å². The van der Waals surface area contributed by atoms with Gasteiger partial charge < -0.3 is 5.32 Å². The van der Waals surface area contributed by atoms with E-state index in [2.05, 4.69) is 20.5 Å². The molecule has 4 rings (SSSR count). The van der Waals surface area contributed by atoms with Gasteiger partial charge in [-0.05, 0) is 61.9 Å². The fraction of sp³-hybridized carbons (Fsp3) is 0.143. The van der Waals surface area contributed by atoms with Gasteiger partial charge in [-0.1, -0.05) is 29.2 Å². The van der Waals surface area contributed by atoms with Gasteiger partial charge in [0.2, 0.25) is 0 Å². The monoisotopic (exact) mass is 528 g/mol. The number of rotatable bonds is 6. The van der Waals surface area contributed by atoms with Crippen molar-refractivity contribution in [2.45, 2.75) is 30.0 Å². The molecule has 1 amide bonds. The Hall–Kier alpha value is -3.62. The van der Waals surface area contributed by atoms with E-state index in [4.69, 9.17) is 0 Å². The highest BCUT2D eigenvalue weighted by Crippen LogP contribution is 2.38. The molecule has 2 aromatic carbocycles. The number of nitro benzene ring substituents is 2. The van der Waals surface area contributed by atoms with Crippen molar-refractivity contribution in [3.05, 3.63) is 77.2 Å². The highest BCUT2D eigenvalue weighted by molar-refractivity contribution is 8.18. The van der Waals surface area contributed by atoms with E-state index in [0.29, 0.717) is 31.6 Å². The average molecular weight is 529 g/mol. The van der Waals surface area contributed by atoms with Crippen LogP contribution in [0.25, 0.3) is 6.08 Å². The van der Waals surface area contributed by atoms with Gasteiger partial charge >= 0.3 is 0 Å². The third-order valence-corrected chi connectivity index (χ3v) is 7.75. The molecule has 0 saturated carbocycles. The van der Waals surface area contributed by atoms with E-state index in [1.54, 1.807) is 39.0 Å². The summed E-state index contributed by atoms with van der Waals surface area (Å²) < 4.78 is 0.592. The summed E-state index contributed by atoms with van der Waals surface area (Å²) in [7, 11) is 0. The van der Waals surface area contributed by atoms with E-state index in [-0.39, 0.29) is 21.4 Å². The number of thioether (sulfide) groups is 1. The van der Waals surface area contributed by atoms with Gasteiger partial charge in [0.05, 0.1) is 25.3 Å². The number of amidine groups is 1. The number of aliphatic imine (C=N–C) groups is 1. The first-order valence-electron chi connectivity index (χ1n) is 9.92. The second kappa shape index (κ2) is 9.93. The van der Waals surface area contributed by atoms with E-state index in [1.165, 1.54) is 29.5 Å². The standard InChI is InChI=1S/C21H16N6O5S3/c1-10-6-14(9-15(11(10)2)26(29)30)22-20-23-19(28)18(34-20)8-13-4-5-17(16(7-13)27(31)32)35-21-25-24-12(3)33-21/h4-9H,1-3H3,(H,22,23,28)/b18-8-. The van der Waals surface area contributed by atoms with Crippen LogP contribution in [0.15, 0.2) is 49.5 Å². The van der Waals surface area contributed by atoms with Crippen LogP contribution in [-0.2, 0) is 4.79 Å². The molecule has 1 aromatic heterocycles. The summed E-state index contributed by atoms with van der Waals surface area (Å²) in [6.45, 7) is 5.21. The number of hydrogen-bond acceptors (Lipinski definition) is 11. The van der Waals surface area contributed by atoms with E-state index < -0.39 is 15.8 Å². The highest BCUT2D eigenvalue weighted by atomic mass is 32.2. The van der Waals surface area contributed by atoms with Crippen molar-refractivity contribution < 1.29 is 14.6 Å². The molecule has 11 nitrogen and oxygen atoms in total. The Morgan fingerprint density at radius 1 is 1.06 bits per heavy atom. The summed E-state index contributed by atoms with van der Waals surface area (Å²) in [6.07, 6.45) is 1.53. The van der Waals surface area contributed by atoms with Crippen molar-refractivity contribution in [3.8, 4) is 0 Å². The van der Waals surface area contributed by atoms with Crippen LogP contribution in [0.5, 0.6) is 0 Å². The van der Waals surface area contributed by atoms with E-state index in [1.807, 2.05) is 0 Å². The Balaban J connectivity index is 1.60. The number of benzene rings is 2. The molecule has 35 heavy (non-hydrogen) atoms. The van der Waals surface area contributed by atoms with E-state index in [0.717, 1.165) is 28.5 Å². The lowest BCUT2D eigenvalue weighted by atomic mass is 10.1. The summed E-state index contributed by atoms with van der Waals surface area (Å²) in [5, 5.41) is 34.5. The lowest BCUT2D eigenvalue weighted by Gasteiger charge is -2.04. The molecule has 2 heterocycles. The number of amides is 1. The molecule has 1 N–H and O–H groups in total. The summed E-state index contributed by atoms with van der Waals surface area (Å²) in [6, 6.07) is 7.71. The zero-order chi connectivity index (χ0) is 25.3. The fourth-order valence-corrected chi connectivity index (χ4v) is 5.79. The molecular weight excluding hydrogens is 512 g/mol. The maximum absolute atomic E-state index is 12.5. The van der Waals surface area contributed by atoms with Crippen molar-refractivity contribution in [1.82, 2.24) is 15.5 Å². The van der Waals surface area contributed by atoms with Gasteiger partial charge in [-0.25, -0.2) is 4.99 Å². The van der Waals surface area contributed by atoms with Crippen LogP contribution >= 0.6 is 34.9 Å².